The van der Waals surface area contributed by atoms with E-state index in [0.29, 0.717) is 28.0 Å². The van der Waals surface area contributed by atoms with Gasteiger partial charge in [-0.1, -0.05) is 17.7 Å². The lowest BCUT2D eigenvalue weighted by atomic mass is 10.1. The minimum absolute atomic E-state index is 0.119. The summed E-state index contributed by atoms with van der Waals surface area (Å²) in [5, 5.41) is 10.7. The number of halogens is 1. The van der Waals surface area contributed by atoms with Gasteiger partial charge in [0.15, 0.2) is 12.0 Å². The van der Waals surface area contributed by atoms with Crippen molar-refractivity contribution in [3.8, 4) is 5.75 Å². The van der Waals surface area contributed by atoms with E-state index in [1.807, 2.05) is 54.9 Å². The quantitative estimate of drug-likeness (QED) is 0.495. The number of benzene rings is 1. The molecule has 0 radical (unpaired) electrons. The first-order valence-corrected chi connectivity index (χ1v) is 11.7. The van der Waals surface area contributed by atoms with Gasteiger partial charge < -0.3 is 28.6 Å². The van der Waals surface area contributed by atoms with Gasteiger partial charge in [0.25, 0.3) is 0 Å². The molecular formula is C25H27ClN4O5. The number of hydrogen-bond acceptors (Lipinski definition) is 8. The van der Waals surface area contributed by atoms with Crippen LogP contribution in [0.4, 0.5) is 5.82 Å². The second-order valence-corrected chi connectivity index (χ2v) is 9.25. The van der Waals surface area contributed by atoms with Gasteiger partial charge in [-0.05, 0) is 44.8 Å². The third-order valence-corrected chi connectivity index (χ3v) is 6.53. The average molecular weight is 499 g/mol. The Labute approximate surface area is 208 Å². The Morgan fingerprint density at radius 1 is 1.23 bits per heavy atom. The topological polar surface area (TPSA) is 99.7 Å². The lowest BCUT2D eigenvalue weighted by Gasteiger charge is -2.25. The maximum Gasteiger partial charge on any atom is 0.164 e. The highest BCUT2D eigenvalue weighted by molar-refractivity contribution is 6.70. The smallest absolute Gasteiger partial charge is 0.164 e. The van der Waals surface area contributed by atoms with Crippen LogP contribution in [0.15, 0.2) is 52.6 Å². The van der Waals surface area contributed by atoms with E-state index in [9.17, 15) is 5.11 Å². The molecule has 1 N–H and O–H groups in total. The van der Waals surface area contributed by atoms with Crippen LogP contribution in [0.25, 0.3) is 10.9 Å². The molecule has 0 saturated carbocycles. The van der Waals surface area contributed by atoms with Gasteiger partial charge in [-0.2, -0.15) is 0 Å². The number of aliphatic hydroxyl groups excluding tert-OH is 1. The molecule has 9 nitrogen and oxygen atoms in total. The molecule has 2 aromatic heterocycles. The van der Waals surface area contributed by atoms with Gasteiger partial charge in [0.05, 0.1) is 23.4 Å². The molecule has 35 heavy (non-hydrogen) atoms. The van der Waals surface area contributed by atoms with Crippen molar-refractivity contribution < 1.29 is 24.1 Å². The predicted octanol–water partition coefficient (Wildman–Crippen LogP) is 3.97. The molecule has 3 aromatic rings. The maximum absolute atomic E-state index is 9.38. The van der Waals surface area contributed by atoms with Crippen molar-refractivity contribution in [1.29, 1.82) is 0 Å². The summed E-state index contributed by atoms with van der Waals surface area (Å²) in [6, 6.07) is 11.2. The van der Waals surface area contributed by atoms with Gasteiger partial charge in [-0.15, -0.1) is 0 Å². The molecule has 0 spiro atoms. The first-order valence-electron chi connectivity index (χ1n) is 11.3. The zero-order valence-corrected chi connectivity index (χ0v) is 20.5. The highest BCUT2D eigenvalue weighted by Gasteiger charge is 2.56. The van der Waals surface area contributed by atoms with Crippen molar-refractivity contribution in [2.24, 2.45) is 9.98 Å². The normalized spacial score (nSPS) is 25.7. The van der Waals surface area contributed by atoms with E-state index in [4.69, 9.17) is 30.5 Å². The number of nitrogens with zero attached hydrogens (tertiary/aromatic N) is 4. The summed E-state index contributed by atoms with van der Waals surface area (Å²) in [5.74, 6) is 0.410. The molecule has 5 rings (SSSR count). The Balaban J connectivity index is 1.39. The molecule has 10 heteroatoms. The summed E-state index contributed by atoms with van der Waals surface area (Å²) in [7, 11) is 1.62. The summed E-state index contributed by atoms with van der Waals surface area (Å²) in [4.78, 5) is 12.7. The minimum atomic E-state index is -0.774. The highest BCUT2D eigenvalue weighted by atomic mass is 35.5. The Bertz CT molecular complexity index is 1290. The number of ether oxygens (including phenoxy) is 4. The van der Waals surface area contributed by atoms with Crippen molar-refractivity contribution in [1.82, 2.24) is 9.55 Å². The maximum atomic E-state index is 9.38. The van der Waals surface area contributed by atoms with Crippen molar-refractivity contribution >= 4 is 40.2 Å². The molecule has 0 bridgehead atoms. The van der Waals surface area contributed by atoms with Gasteiger partial charge >= 0.3 is 0 Å². The number of aromatic nitrogens is 2. The summed E-state index contributed by atoms with van der Waals surface area (Å²) < 4.78 is 26.8. The van der Waals surface area contributed by atoms with E-state index in [2.05, 4.69) is 21.7 Å². The zero-order chi connectivity index (χ0) is 24.7. The van der Waals surface area contributed by atoms with Crippen LogP contribution < -0.4 is 4.74 Å². The van der Waals surface area contributed by atoms with E-state index in [-0.39, 0.29) is 25.4 Å². The molecule has 4 heterocycles. The van der Waals surface area contributed by atoms with Crippen molar-refractivity contribution in [2.75, 3.05) is 13.7 Å². The first kappa shape index (κ1) is 23.9. The lowest BCUT2D eigenvalue weighted by molar-refractivity contribution is -0.199. The number of aliphatic hydroxyl groups is 1. The van der Waals surface area contributed by atoms with Crippen LogP contribution in [0.5, 0.6) is 5.75 Å². The molecule has 2 aliphatic rings. The average Bonchev–Trinajstić information content (AvgIpc) is 3.52. The minimum Gasteiger partial charge on any atom is -0.491 e. The molecule has 184 valence electrons. The summed E-state index contributed by atoms with van der Waals surface area (Å²) >= 11 is 6.27. The fraction of sp³-hybridized carbons (Fsp3) is 0.400. The third kappa shape index (κ3) is 4.46. The molecule has 2 saturated heterocycles. The van der Waals surface area contributed by atoms with Gasteiger partial charge in [-0.25, -0.2) is 4.99 Å². The molecular weight excluding hydrogens is 472 g/mol. The van der Waals surface area contributed by atoms with Gasteiger partial charge in [-0.3, -0.25) is 9.98 Å². The van der Waals surface area contributed by atoms with Crippen LogP contribution in [-0.4, -0.2) is 64.3 Å². The lowest BCUT2D eigenvalue weighted by Crippen LogP contribution is -2.33. The van der Waals surface area contributed by atoms with Crippen molar-refractivity contribution in [3.63, 3.8) is 0 Å². The van der Waals surface area contributed by atoms with E-state index >= 15 is 0 Å². The summed E-state index contributed by atoms with van der Waals surface area (Å²) in [5.41, 5.74) is 2.01. The van der Waals surface area contributed by atoms with Gasteiger partial charge in [0.2, 0.25) is 0 Å². The van der Waals surface area contributed by atoms with Crippen LogP contribution >= 0.6 is 11.6 Å². The second kappa shape index (κ2) is 9.33. The molecule has 0 unspecified atom stereocenters. The zero-order valence-electron chi connectivity index (χ0n) is 19.7. The first-order chi connectivity index (χ1) is 16.8. The SMILES string of the molecule is C=Nc1c(C(Cl)=NC)ccn1[C@@H]1O[C@H](COc2ccc3ccc(CO)nc3c2)[C@H]2OC(C)(C)O[C@H]21. The number of rotatable bonds is 7. The molecule has 2 aliphatic heterocycles. The van der Waals surface area contributed by atoms with E-state index in [1.165, 1.54) is 0 Å². The molecule has 4 atom stereocenters. The Kier molecular flexibility index (Phi) is 6.37. The summed E-state index contributed by atoms with van der Waals surface area (Å²) in [6.45, 7) is 7.58. The summed E-state index contributed by atoms with van der Waals surface area (Å²) in [6.07, 6.45) is 0.171. The molecule has 0 amide bonds. The Morgan fingerprint density at radius 2 is 2.00 bits per heavy atom. The fourth-order valence-electron chi connectivity index (χ4n) is 4.61. The van der Waals surface area contributed by atoms with Crippen molar-refractivity contribution in [2.45, 2.75) is 50.8 Å². The number of pyridine rings is 1. The standard InChI is InChI=1S/C25H27ClN4O5/c1-25(2)34-20-19(13-32-16-8-6-14-5-7-15(12-31)29-18(14)11-16)33-24(21(20)35-25)30-10-9-17(22(26)27-3)23(30)28-4/h5-11,19-21,24,31H,4,12-13H2,1-3H3/t19-,20-,21-,24-/m1/s1. The van der Waals surface area contributed by atoms with Gasteiger partial charge in [0.1, 0.15) is 41.7 Å². The second-order valence-electron chi connectivity index (χ2n) is 8.89. The van der Waals surface area contributed by atoms with Crippen LogP contribution in [0.3, 0.4) is 0 Å². The van der Waals surface area contributed by atoms with Gasteiger partial charge in [0, 0.05) is 24.7 Å². The monoisotopic (exact) mass is 498 g/mol. The van der Waals surface area contributed by atoms with Crippen LogP contribution in [-0.2, 0) is 20.8 Å². The molecule has 1 aromatic carbocycles. The third-order valence-electron chi connectivity index (χ3n) is 6.15. The largest absolute Gasteiger partial charge is 0.491 e. The number of fused-ring (bicyclic) bond motifs is 2. The van der Waals surface area contributed by atoms with Crippen LogP contribution in [0, 0.1) is 0 Å². The Morgan fingerprint density at radius 3 is 2.74 bits per heavy atom. The van der Waals surface area contributed by atoms with Crippen molar-refractivity contribution in [3.05, 3.63) is 53.9 Å². The Hall–Kier alpha value is -2.82. The molecule has 0 aliphatic carbocycles. The van der Waals surface area contributed by atoms with Crippen LogP contribution in [0.2, 0.25) is 0 Å². The van der Waals surface area contributed by atoms with E-state index in [0.717, 1.165) is 10.9 Å². The predicted molar refractivity (Wildman–Crippen MR) is 133 cm³/mol. The van der Waals surface area contributed by atoms with E-state index < -0.39 is 18.1 Å². The molecule has 2 fully saturated rings. The fourth-order valence-corrected chi connectivity index (χ4v) is 4.75. The van der Waals surface area contributed by atoms with Crippen LogP contribution in [0.1, 0.15) is 31.3 Å². The number of aliphatic imine (C=N–C) groups is 2. The van der Waals surface area contributed by atoms with E-state index in [1.54, 1.807) is 13.1 Å². The number of hydrogen-bond donors (Lipinski definition) is 1. The highest BCUT2D eigenvalue weighted by Crippen LogP contribution is 2.45.